The number of nitrogens with one attached hydrogen (secondary N) is 1. The number of methoxy groups -OCH3 is 1. The third kappa shape index (κ3) is 2.90. The van der Waals surface area contributed by atoms with Crippen LogP contribution in [-0.4, -0.2) is 22.4 Å². The van der Waals surface area contributed by atoms with Crippen LogP contribution in [0.15, 0.2) is 48.7 Å². The number of pyridine rings is 1. The summed E-state index contributed by atoms with van der Waals surface area (Å²) in [5, 5.41) is 2.44. The number of hydrogen-bond donors (Lipinski definition) is 1. The number of halogens is 3. The van der Waals surface area contributed by atoms with Gasteiger partial charge in [-0.2, -0.15) is 13.2 Å². The Morgan fingerprint density at radius 1 is 1.21 bits per heavy atom. The number of alkyl halides is 3. The van der Waals surface area contributed by atoms with Crippen LogP contribution in [0, 0.1) is 0 Å². The van der Waals surface area contributed by atoms with E-state index in [1.165, 1.54) is 31.5 Å². The Labute approximate surface area is 134 Å². The lowest BCUT2D eigenvalue weighted by Gasteiger charge is -2.09. The van der Waals surface area contributed by atoms with Crippen LogP contribution in [0.2, 0.25) is 0 Å². The van der Waals surface area contributed by atoms with Crippen molar-refractivity contribution in [1.82, 2.24) is 9.38 Å². The topological polar surface area (TPSA) is 55.6 Å². The summed E-state index contributed by atoms with van der Waals surface area (Å²) in [6.45, 7) is 0. The summed E-state index contributed by atoms with van der Waals surface area (Å²) in [6.07, 6.45) is -3.38. The van der Waals surface area contributed by atoms with Gasteiger partial charge in [-0.3, -0.25) is 9.20 Å². The number of carbonyl (C=O) groups is 1. The van der Waals surface area contributed by atoms with Gasteiger partial charge in [-0.05, 0) is 24.3 Å². The van der Waals surface area contributed by atoms with Crippen LogP contribution in [0.5, 0.6) is 5.75 Å². The quantitative estimate of drug-likeness (QED) is 0.795. The maximum Gasteiger partial charge on any atom is 0.435 e. The Bertz CT molecular complexity index is 903. The molecule has 0 spiro atoms. The molecule has 124 valence electrons. The number of ether oxygens (including phenoxy) is 1. The van der Waals surface area contributed by atoms with Crippen molar-refractivity contribution >= 4 is 17.2 Å². The molecule has 1 amide bonds. The van der Waals surface area contributed by atoms with Gasteiger partial charge in [0, 0.05) is 18.0 Å². The second-order valence-corrected chi connectivity index (χ2v) is 4.92. The second kappa shape index (κ2) is 5.88. The molecule has 3 rings (SSSR count). The van der Waals surface area contributed by atoms with Crippen molar-refractivity contribution < 1.29 is 22.7 Å². The molecular formula is C16H12F3N3O2. The normalized spacial score (nSPS) is 11.5. The first-order valence-corrected chi connectivity index (χ1v) is 6.90. The smallest absolute Gasteiger partial charge is 0.435 e. The van der Waals surface area contributed by atoms with Crippen LogP contribution in [0.3, 0.4) is 0 Å². The van der Waals surface area contributed by atoms with Gasteiger partial charge < -0.3 is 10.1 Å². The highest BCUT2D eigenvalue weighted by molar-refractivity contribution is 6.04. The Hall–Kier alpha value is -3.03. The summed E-state index contributed by atoms with van der Waals surface area (Å²) < 4.78 is 45.8. The van der Waals surface area contributed by atoms with E-state index in [9.17, 15) is 18.0 Å². The van der Waals surface area contributed by atoms with E-state index in [0.717, 1.165) is 4.40 Å². The average molecular weight is 335 g/mol. The van der Waals surface area contributed by atoms with Gasteiger partial charge in [-0.1, -0.05) is 12.1 Å². The molecule has 24 heavy (non-hydrogen) atoms. The van der Waals surface area contributed by atoms with Gasteiger partial charge in [0.2, 0.25) is 0 Å². The highest BCUT2D eigenvalue weighted by Gasteiger charge is 2.40. The van der Waals surface area contributed by atoms with Gasteiger partial charge in [0.1, 0.15) is 17.1 Å². The fourth-order valence-electron chi connectivity index (χ4n) is 2.30. The van der Waals surface area contributed by atoms with Crippen LogP contribution in [0.1, 0.15) is 16.2 Å². The first kappa shape index (κ1) is 15.9. The monoisotopic (exact) mass is 335 g/mol. The Kier molecular flexibility index (Phi) is 3.88. The van der Waals surface area contributed by atoms with Crippen LogP contribution < -0.4 is 10.1 Å². The number of amides is 1. The summed E-state index contributed by atoms with van der Waals surface area (Å²) in [7, 11) is 1.45. The first-order valence-electron chi connectivity index (χ1n) is 6.90. The predicted octanol–water partition coefficient (Wildman–Crippen LogP) is 3.61. The van der Waals surface area contributed by atoms with E-state index in [-0.39, 0.29) is 5.65 Å². The zero-order valence-electron chi connectivity index (χ0n) is 12.5. The van der Waals surface area contributed by atoms with Crippen LogP contribution in [0.4, 0.5) is 18.9 Å². The maximum atomic E-state index is 13.2. The molecule has 8 heteroatoms. The number of rotatable bonds is 3. The fraction of sp³-hybridized carbons (Fsp3) is 0.125. The number of imidazole rings is 1. The number of hydrogen-bond acceptors (Lipinski definition) is 3. The second-order valence-electron chi connectivity index (χ2n) is 4.92. The van der Waals surface area contributed by atoms with E-state index in [0.29, 0.717) is 11.4 Å². The molecule has 0 atom stereocenters. The van der Waals surface area contributed by atoms with Crippen molar-refractivity contribution in [2.45, 2.75) is 6.18 Å². The highest BCUT2D eigenvalue weighted by Crippen LogP contribution is 2.32. The lowest BCUT2D eigenvalue weighted by Crippen LogP contribution is -2.20. The van der Waals surface area contributed by atoms with E-state index in [1.807, 2.05) is 0 Å². The van der Waals surface area contributed by atoms with Gasteiger partial charge in [-0.15, -0.1) is 0 Å². The SMILES string of the molecule is COc1cccc(NC(=O)c2c(C(F)(F)F)nc3ccccn23)c1. The van der Waals surface area contributed by atoms with Gasteiger partial charge >= 0.3 is 6.18 Å². The Morgan fingerprint density at radius 2 is 2.00 bits per heavy atom. The van der Waals surface area contributed by atoms with Crippen molar-refractivity contribution in [1.29, 1.82) is 0 Å². The molecule has 0 unspecified atom stereocenters. The molecule has 0 aliphatic rings. The molecule has 0 radical (unpaired) electrons. The zero-order valence-corrected chi connectivity index (χ0v) is 12.5. The Morgan fingerprint density at radius 3 is 2.71 bits per heavy atom. The molecule has 0 fully saturated rings. The fourth-order valence-corrected chi connectivity index (χ4v) is 2.30. The number of benzene rings is 1. The van der Waals surface area contributed by atoms with Crippen molar-refractivity contribution in [2.24, 2.45) is 0 Å². The molecule has 5 nitrogen and oxygen atoms in total. The molecule has 0 aliphatic carbocycles. The Balaban J connectivity index is 2.05. The summed E-state index contributed by atoms with van der Waals surface area (Å²) in [6, 6.07) is 10.8. The van der Waals surface area contributed by atoms with Crippen molar-refractivity contribution in [3.63, 3.8) is 0 Å². The summed E-state index contributed by atoms with van der Waals surface area (Å²) in [5.74, 6) is -0.434. The number of carbonyl (C=O) groups excluding carboxylic acids is 1. The first-order chi connectivity index (χ1) is 11.4. The van der Waals surface area contributed by atoms with Gasteiger partial charge in [0.05, 0.1) is 7.11 Å². The van der Waals surface area contributed by atoms with Crippen LogP contribution in [0.25, 0.3) is 5.65 Å². The predicted molar refractivity (Wildman–Crippen MR) is 81.1 cm³/mol. The van der Waals surface area contributed by atoms with E-state index in [2.05, 4.69) is 10.3 Å². The minimum absolute atomic E-state index is 0.0422. The van der Waals surface area contributed by atoms with E-state index in [4.69, 9.17) is 4.74 Å². The number of aromatic nitrogens is 2. The van der Waals surface area contributed by atoms with Crippen LogP contribution >= 0.6 is 0 Å². The number of anilines is 1. The van der Waals surface area contributed by atoms with Crippen molar-refractivity contribution in [2.75, 3.05) is 12.4 Å². The van der Waals surface area contributed by atoms with Gasteiger partial charge in [0.15, 0.2) is 5.69 Å². The summed E-state index contributed by atoms with van der Waals surface area (Å²) in [4.78, 5) is 16.0. The lowest BCUT2D eigenvalue weighted by molar-refractivity contribution is -0.141. The van der Waals surface area contributed by atoms with Crippen molar-refractivity contribution in [3.05, 3.63) is 60.0 Å². The van der Waals surface area contributed by atoms with Gasteiger partial charge in [0.25, 0.3) is 5.91 Å². The highest BCUT2D eigenvalue weighted by atomic mass is 19.4. The molecule has 0 saturated carbocycles. The molecule has 2 heterocycles. The van der Waals surface area contributed by atoms with Crippen molar-refractivity contribution in [3.8, 4) is 5.75 Å². The number of nitrogens with zero attached hydrogens (tertiary/aromatic N) is 2. The molecule has 1 N–H and O–H groups in total. The summed E-state index contributed by atoms with van der Waals surface area (Å²) >= 11 is 0. The molecule has 0 bridgehead atoms. The van der Waals surface area contributed by atoms with E-state index < -0.39 is 23.5 Å². The third-order valence-corrected chi connectivity index (χ3v) is 3.34. The standard InChI is InChI=1S/C16H12F3N3O2/c1-24-11-6-4-5-10(9-11)20-15(23)13-14(16(17,18)19)21-12-7-2-3-8-22(12)13/h2-9H,1H3,(H,20,23). The van der Waals surface area contributed by atoms with Gasteiger partial charge in [-0.25, -0.2) is 4.98 Å². The molecule has 0 saturated heterocycles. The lowest BCUT2D eigenvalue weighted by atomic mass is 10.2. The molecular weight excluding hydrogens is 323 g/mol. The molecule has 1 aromatic carbocycles. The third-order valence-electron chi connectivity index (χ3n) is 3.34. The minimum Gasteiger partial charge on any atom is -0.497 e. The maximum absolute atomic E-state index is 13.2. The number of fused-ring (bicyclic) bond motifs is 1. The molecule has 3 aromatic rings. The largest absolute Gasteiger partial charge is 0.497 e. The van der Waals surface area contributed by atoms with Crippen LogP contribution in [-0.2, 0) is 6.18 Å². The van der Waals surface area contributed by atoms with E-state index >= 15 is 0 Å². The summed E-state index contributed by atoms with van der Waals surface area (Å²) in [5.41, 5.74) is -1.44. The zero-order chi connectivity index (χ0) is 17.3. The molecule has 0 aliphatic heterocycles. The minimum atomic E-state index is -4.74. The van der Waals surface area contributed by atoms with E-state index in [1.54, 1.807) is 24.3 Å². The molecule has 2 aromatic heterocycles. The average Bonchev–Trinajstić information content (AvgIpc) is 2.95.